The summed E-state index contributed by atoms with van der Waals surface area (Å²) in [4.78, 5) is 0. The van der Waals surface area contributed by atoms with Crippen molar-refractivity contribution >= 4 is 0 Å². The lowest BCUT2D eigenvalue weighted by Gasteiger charge is -1.93. The third kappa shape index (κ3) is 59.1. The molecule has 14 heavy (non-hydrogen) atoms. The summed E-state index contributed by atoms with van der Waals surface area (Å²) in [5, 5.41) is 0. The fraction of sp³-hybridized carbons (Fsp3) is 1.00. The van der Waals surface area contributed by atoms with E-state index in [9.17, 15) is 0 Å². The molecular weight excluding hydrogens is 174 g/mol. The molecule has 0 saturated heterocycles. The first-order chi connectivity index (χ1) is 6.91. The van der Waals surface area contributed by atoms with Gasteiger partial charge in [0.05, 0.1) is 0 Å². The Bertz CT molecular complexity index is 35.5. The van der Waals surface area contributed by atoms with E-state index in [1.54, 1.807) is 0 Å². The summed E-state index contributed by atoms with van der Waals surface area (Å²) in [5.41, 5.74) is 13.5. The van der Waals surface area contributed by atoms with Gasteiger partial charge in [0.2, 0.25) is 0 Å². The summed E-state index contributed by atoms with van der Waals surface area (Å²) in [7, 11) is 4.50. The smallest absolute Gasteiger partial charge is 0.0195 e. The SMILES string of the molecule is CCCCCCCC.CN.CN.CN. The van der Waals surface area contributed by atoms with Crippen molar-refractivity contribution in [1.29, 1.82) is 0 Å². The lowest BCUT2D eigenvalue weighted by molar-refractivity contribution is 0.624. The fourth-order valence-electron chi connectivity index (χ4n) is 0.854. The quantitative estimate of drug-likeness (QED) is 0.604. The van der Waals surface area contributed by atoms with Crippen LogP contribution in [0.25, 0.3) is 0 Å². The number of nitrogens with two attached hydrogens (primary N) is 3. The van der Waals surface area contributed by atoms with E-state index in [0.717, 1.165) is 0 Å². The first-order valence-electron chi connectivity index (χ1n) is 5.65. The summed E-state index contributed by atoms with van der Waals surface area (Å²) in [6.07, 6.45) is 8.49. The van der Waals surface area contributed by atoms with Crippen LogP contribution in [0.2, 0.25) is 0 Å². The lowest BCUT2D eigenvalue weighted by Crippen LogP contribution is -1.73. The minimum atomic E-state index is 1.36. The molecule has 0 atom stereocenters. The highest BCUT2D eigenvalue weighted by atomic mass is 14.4. The van der Waals surface area contributed by atoms with Crippen LogP contribution in [0, 0.1) is 0 Å². The standard InChI is InChI=1S/C8H18.3CH5N/c1-3-5-7-8-6-4-2;3*1-2/h3-8H2,1-2H3;3*2H2,1H3. The molecule has 0 spiro atoms. The van der Waals surface area contributed by atoms with E-state index in [4.69, 9.17) is 0 Å². The average molecular weight is 207 g/mol. The summed E-state index contributed by atoms with van der Waals surface area (Å²) in [6, 6.07) is 0. The van der Waals surface area contributed by atoms with E-state index in [0.29, 0.717) is 0 Å². The number of rotatable bonds is 5. The van der Waals surface area contributed by atoms with Gasteiger partial charge in [-0.15, -0.1) is 0 Å². The lowest BCUT2D eigenvalue weighted by atomic mass is 10.1. The molecule has 0 bridgehead atoms. The second-order valence-corrected chi connectivity index (χ2v) is 2.41. The van der Waals surface area contributed by atoms with Crippen LogP contribution in [0.5, 0.6) is 0 Å². The second kappa shape index (κ2) is 52.6. The van der Waals surface area contributed by atoms with Gasteiger partial charge in [-0.2, -0.15) is 0 Å². The molecule has 0 aromatic carbocycles. The highest BCUT2D eigenvalue weighted by molar-refractivity contribution is 4.39. The van der Waals surface area contributed by atoms with E-state index in [-0.39, 0.29) is 0 Å². The maximum atomic E-state index is 4.50. The molecule has 0 radical (unpaired) electrons. The van der Waals surface area contributed by atoms with Gasteiger partial charge in [-0.05, 0) is 21.1 Å². The van der Waals surface area contributed by atoms with Gasteiger partial charge in [0.15, 0.2) is 0 Å². The molecule has 0 amide bonds. The molecule has 0 rings (SSSR count). The van der Waals surface area contributed by atoms with Gasteiger partial charge in [0.25, 0.3) is 0 Å². The van der Waals surface area contributed by atoms with E-state index in [1.165, 1.54) is 59.7 Å². The Morgan fingerprint density at radius 1 is 0.500 bits per heavy atom. The summed E-state index contributed by atoms with van der Waals surface area (Å²) < 4.78 is 0. The Morgan fingerprint density at radius 3 is 0.857 bits per heavy atom. The van der Waals surface area contributed by atoms with Crippen LogP contribution in [0.1, 0.15) is 52.4 Å². The molecule has 0 fully saturated rings. The van der Waals surface area contributed by atoms with Crippen LogP contribution in [-0.2, 0) is 0 Å². The molecule has 3 nitrogen and oxygen atoms in total. The monoisotopic (exact) mass is 207 g/mol. The largest absolute Gasteiger partial charge is 0.333 e. The average Bonchev–Trinajstić information content (AvgIpc) is 2.33. The van der Waals surface area contributed by atoms with Crippen molar-refractivity contribution in [2.24, 2.45) is 17.2 Å². The highest BCUT2D eigenvalue weighted by Crippen LogP contribution is 2.03. The minimum absolute atomic E-state index is 1.36. The predicted octanol–water partition coefficient (Wildman–Crippen LogP) is 2.09. The van der Waals surface area contributed by atoms with Crippen LogP contribution in [-0.4, -0.2) is 21.1 Å². The Labute approximate surface area is 91.4 Å². The van der Waals surface area contributed by atoms with Crippen LogP contribution >= 0.6 is 0 Å². The molecule has 92 valence electrons. The minimum Gasteiger partial charge on any atom is -0.333 e. The summed E-state index contributed by atoms with van der Waals surface area (Å²) in [5.74, 6) is 0. The zero-order chi connectivity index (χ0) is 12.2. The third-order valence-corrected chi connectivity index (χ3v) is 1.46. The molecular formula is C11H33N3. The molecule has 0 unspecified atom stereocenters. The van der Waals surface area contributed by atoms with Crippen LogP contribution < -0.4 is 17.2 Å². The van der Waals surface area contributed by atoms with Crippen molar-refractivity contribution in [2.45, 2.75) is 52.4 Å². The molecule has 6 N–H and O–H groups in total. The normalized spacial score (nSPS) is 6.86. The number of hydrogen-bond acceptors (Lipinski definition) is 3. The first-order valence-corrected chi connectivity index (χ1v) is 5.65. The predicted molar refractivity (Wildman–Crippen MR) is 69.4 cm³/mol. The summed E-state index contributed by atoms with van der Waals surface area (Å²) >= 11 is 0. The van der Waals surface area contributed by atoms with Crippen molar-refractivity contribution < 1.29 is 0 Å². The highest BCUT2D eigenvalue weighted by Gasteiger charge is 1.83. The molecule has 0 heterocycles. The third-order valence-electron chi connectivity index (χ3n) is 1.46. The van der Waals surface area contributed by atoms with E-state index < -0.39 is 0 Å². The van der Waals surface area contributed by atoms with Gasteiger partial charge < -0.3 is 17.2 Å². The molecule has 0 saturated carbocycles. The summed E-state index contributed by atoms with van der Waals surface area (Å²) in [6.45, 7) is 4.51. The van der Waals surface area contributed by atoms with Crippen molar-refractivity contribution in [3.8, 4) is 0 Å². The first kappa shape index (κ1) is 23.6. The van der Waals surface area contributed by atoms with Gasteiger partial charge in [0.1, 0.15) is 0 Å². The van der Waals surface area contributed by atoms with Gasteiger partial charge in [-0.1, -0.05) is 52.4 Å². The number of unbranched alkanes of at least 4 members (excludes halogenated alkanes) is 5. The Balaban J connectivity index is -0.0000000708. The van der Waals surface area contributed by atoms with Crippen LogP contribution in [0.3, 0.4) is 0 Å². The fourth-order valence-corrected chi connectivity index (χ4v) is 0.854. The van der Waals surface area contributed by atoms with Crippen molar-refractivity contribution in [1.82, 2.24) is 0 Å². The van der Waals surface area contributed by atoms with Crippen molar-refractivity contribution in [2.75, 3.05) is 21.1 Å². The molecule has 0 aromatic rings. The van der Waals surface area contributed by atoms with Gasteiger partial charge in [-0.3, -0.25) is 0 Å². The van der Waals surface area contributed by atoms with Gasteiger partial charge in [0, 0.05) is 0 Å². The molecule has 0 aliphatic heterocycles. The Hall–Kier alpha value is -0.120. The van der Waals surface area contributed by atoms with Crippen molar-refractivity contribution in [3.05, 3.63) is 0 Å². The topological polar surface area (TPSA) is 78.1 Å². The van der Waals surface area contributed by atoms with Gasteiger partial charge in [-0.25, -0.2) is 0 Å². The van der Waals surface area contributed by atoms with E-state index in [1.807, 2.05) is 0 Å². The Kier molecular flexibility index (Phi) is 88.6. The van der Waals surface area contributed by atoms with Crippen molar-refractivity contribution in [3.63, 3.8) is 0 Å². The van der Waals surface area contributed by atoms with Crippen LogP contribution in [0.15, 0.2) is 0 Å². The molecule has 0 aliphatic carbocycles. The molecule has 3 heteroatoms. The van der Waals surface area contributed by atoms with Gasteiger partial charge >= 0.3 is 0 Å². The van der Waals surface area contributed by atoms with Crippen LogP contribution in [0.4, 0.5) is 0 Å². The Morgan fingerprint density at radius 2 is 0.714 bits per heavy atom. The maximum absolute atomic E-state index is 4.50. The molecule has 0 aromatic heterocycles. The zero-order valence-electron chi connectivity index (χ0n) is 11.0. The van der Waals surface area contributed by atoms with E-state index in [2.05, 4.69) is 31.0 Å². The zero-order valence-corrected chi connectivity index (χ0v) is 11.0. The molecule has 0 aliphatic rings. The number of hydrogen-bond donors (Lipinski definition) is 3. The maximum Gasteiger partial charge on any atom is -0.0195 e. The second-order valence-electron chi connectivity index (χ2n) is 2.41. The van der Waals surface area contributed by atoms with E-state index >= 15 is 0 Å².